The van der Waals surface area contributed by atoms with Crippen LogP contribution in [0.2, 0.25) is 0 Å². The number of carbonyl (C=O) groups excluding carboxylic acids is 1. The number of thioether (sulfide) groups is 1. The quantitative estimate of drug-likeness (QED) is 0.747. The van der Waals surface area contributed by atoms with Crippen molar-refractivity contribution in [1.29, 1.82) is 0 Å². The minimum atomic E-state index is -0.170. The fourth-order valence-electron chi connectivity index (χ4n) is 2.77. The van der Waals surface area contributed by atoms with Crippen molar-refractivity contribution in [3.8, 4) is 0 Å². The molecule has 2 N–H and O–H groups in total. The lowest BCUT2D eigenvalue weighted by molar-refractivity contribution is -0.126. The first-order valence-electron chi connectivity index (χ1n) is 8.10. The molecule has 0 spiro atoms. The smallest absolute Gasteiger partial charge is 0.242 e. The molecule has 2 rings (SSSR count). The summed E-state index contributed by atoms with van der Waals surface area (Å²) >= 11 is 1.96. The summed E-state index contributed by atoms with van der Waals surface area (Å²) < 4.78 is 0. The molecule has 1 amide bonds. The Kier molecular flexibility index (Phi) is 12.6. The normalized spacial score (nSPS) is 17.1. The molecule has 1 saturated heterocycles. The summed E-state index contributed by atoms with van der Waals surface area (Å²) in [6.45, 7) is 7.71. The second kappa shape index (κ2) is 12.8. The number of nitrogens with one attached hydrogen (secondary N) is 2. The Labute approximate surface area is 162 Å². The van der Waals surface area contributed by atoms with Crippen LogP contribution < -0.4 is 10.6 Å². The van der Waals surface area contributed by atoms with Gasteiger partial charge in [-0.05, 0) is 19.0 Å². The number of benzene rings is 1. The van der Waals surface area contributed by atoms with Crippen molar-refractivity contribution in [2.24, 2.45) is 0 Å². The molecule has 0 bridgehead atoms. The molecule has 1 fully saturated rings. The van der Waals surface area contributed by atoms with Crippen molar-refractivity contribution in [2.75, 3.05) is 37.7 Å². The standard InChI is InChI=1S/C17H27N3OS.2ClH/c1-3-18-14(2)13-19-17(21)16(15-7-5-4-6-8-15)20-9-11-22-12-10-20;;/h4-8,14,16,18H,3,9-13H2,1-2H3,(H,19,21);2*1H/t14-,16?;;/m1../s1. The van der Waals surface area contributed by atoms with E-state index in [0.29, 0.717) is 12.6 Å². The molecule has 1 aliphatic rings. The lowest BCUT2D eigenvalue weighted by Crippen LogP contribution is -2.47. The topological polar surface area (TPSA) is 44.4 Å². The third-order valence-electron chi connectivity index (χ3n) is 3.91. The van der Waals surface area contributed by atoms with Gasteiger partial charge in [-0.1, -0.05) is 37.3 Å². The van der Waals surface area contributed by atoms with E-state index < -0.39 is 0 Å². The van der Waals surface area contributed by atoms with Crippen molar-refractivity contribution >= 4 is 42.5 Å². The average molecular weight is 394 g/mol. The van der Waals surface area contributed by atoms with E-state index in [1.165, 1.54) is 0 Å². The van der Waals surface area contributed by atoms with Crippen molar-refractivity contribution in [3.63, 3.8) is 0 Å². The number of hydrogen-bond acceptors (Lipinski definition) is 4. The highest BCUT2D eigenvalue weighted by Crippen LogP contribution is 2.24. The number of carbonyl (C=O) groups is 1. The zero-order valence-corrected chi connectivity index (χ0v) is 16.8. The van der Waals surface area contributed by atoms with E-state index in [9.17, 15) is 4.79 Å². The van der Waals surface area contributed by atoms with Gasteiger partial charge in [0.25, 0.3) is 0 Å². The number of hydrogen-bond donors (Lipinski definition) is 2. The maximum atomic E-state index is 12.8. The van der Waals surface area contributed by atoms with Crippen LogP contribution in [0.1, 0.15) is 25.5 Å². The van der Waals surface area contributed by atoms with Gasteiger partial charge in [-0.2, -0.15) is 11.8 Å². The van der Waals surface area contributed by atoms with Gasteiger partial charge in [0.05, 0.1) is 0 Å². The molecular formula is C17H29Cl2N3OS. The van der Waals surface area contributed by atoms with Crippen molar-refractivity contribution in [2.45, 2.75) is 25.9 Å². The van der Waals surface area contributed by atoms with Gasteiger partial charge in [0.15, 0.2) is 0 Å². The molecule has 1 unspecified atom stereocenters. The molecule has 2 atom stereocenters. The molecular weight excluding hydrogens is 365 g/mol. The highest BCUT2D eigenvalue weighted by Gasteiger charge is 2.28. The molecule has 4 nitrogen and oxygen atoms in total. The van der Waals surface area contributed by atoms with Crippen molar-refractivity contribution in [1.82, 2.24) is 15.5 Å². The van der Waals surface area contributed by atoms with Crippen LogP contribution in [-0.4, -0.2) is 54.5 Å². The van der Waals surface area contributed by atoms with Gasteiger partial charge >= 0.3 is 0 Å². The summed E-state index contributed by atoms with van der Waals surface area (Å²) in [5.41, 5.74) is 1.09. The highest BCUT2D eigenvalue weighted by molar-refractivity contribution is 7.99. The summed E-state index contributed by atoms with van der Waals surface area (Å²) in [6, 6.07) is 10.3. The van der Waals surface area contributed by atoms with E-state index in [-0.39, 0.29) is 36.8 Å². The largest absolute Gasteiger partial charge is 0.353 e. The molecule has 0 aliphatic carbocycles. The van der Waals surface area contributed by atoms with Gasteiger partial charge in [0, 0.05) is 37.2 Å². The van der Waals surface area contributed by atoms with E-state index in [2.05, 4.69) is 41.5 Å². The number of rotatable bonds is 7. The van der Waals surface area contributed by atoms with E-state index >= 15 is 0 Å². The first-order chi connectivity index (χ1) is 10.7. The van der Waals surface area contributed by atoms with E-state index in [1.54, 1.807) is 0 Å². The second-order valence-corrected chi connectivity index (χ2v) is 6.89. The van der Waals surface area contributed by atoms with Gasteiger partial charge in [0.1, 0.15) is 6.04 Å². The fraction of sp³-hybridized carbons (Fsp3) is 0.588. The molecule has 138 valence electrons. The molecule has 0 saturated carbocycles. The number of halogens is 2. The first kappa shape index (κ1) is 23.5. The zero-order chi connectivity index (χ0) is 15.8. The monoisotopic (exact) mass is 393 g/mol. The predicted molar refractivity (Wildman–Crippen MR) is 109 cm³/mol. The van der Waals surface area contributed by atoms with Crippen molar-refractivity contribution in [3.05, 3.63) is 35.9 Å². The molecule has 1 aromatic rings. The summed E-state index contributed by atoms with van der Waals surface area (Å²) in [7, 11) is 0. The number of nitrogens with zero attached hydrogens (tertiary/aromatic N) is 1. The van der Waals surface area contributed by atoms with Crippen LogP contribution in [0.25, 0.3) is 0 Å². The van der Waals surface area contributed by atoms with Gasteiger partial charge in [-0.15, -0.1) is 24.8 Å². The van der Waals surface area contributed by atoms with Crippen LogP contribution in [0, 0.1) is 0 Å². The average Bonchev–Trinajstić information content (AvgIpc) is 2.55. The molecule has 0 radical (unpaired) electrons. The molecule has 1 heterocycles. The van der Waals surface area contributed by atoms with E-state index in [0.717, 1.165) is 36.7 Å². The van der Waals surface area contributed by atoms with E-state index in [4.69, 9.17) is 0 Å². The zero-order valence-electron chi connectivity index (χ0n) is 14.4. The van der Waals surface area contributed by atoms with Crippen molar-refractivity contribution < 1.29 is 4.79 Å². The van der Waals surface area contributed by atoms with E-state index in [1.807, 2.05) is 30.0 Å². The minimum Gasteiger partial charge on any atom is -0.353 e. The number of likely N-dealkylation sites (N-methyl/N-ethyl adjacent to an activating group) is 1. The van der Waals surface area contributed by atoms with Crippen LogP contribution >= 0.6 is 36.6 Å². The fourth-order valence-corrected chi connectivity index (χ4v) is 3.70. The van der Waals surface area contributed by atoms with Gasteiger partial charge in [-0.3, -0.25) is 9.69 Å². The Morgan fingerprint density at radius 3 is 2.42 bits per heavy atom. The lowest BCUT2D eigenvalue weighted by Gasteiger charge is -2.34. The summed E-state index contributed by atoms with van der Waals surface area (Å²) in [6.07, 6.45) is 0. The van der Waals surface area contributed by atoms with Crippen LogP contribution in [0.15, 0.2) is 30.3 Å². The van der Waals surface area contributed by atoms with Crippen LogP contribution in [-0.2, 0) is 4.79 Å². The van der Waals surface area contributed by atoms with Crippen LogP contribution in [0.4, 0.5) is 0 Å². The summed E-state index contributed by atoms with van der Waals surface area (Å²) in [4.78, 5) is 15.1. The Hall–Kier alpha value is -0.460. The Morgan fingerprint density at radius 2 is 1.83 bits per heavy atom. The van der Waals surface area contributed by atoms with Gasteiger partial charge in [-0.25, -0.2) is 0 Å². The highest BCUT2D eigenvalue weighted by atomic mass is 35.5. The lowest BCUT2D eigenvalue weighted by atomic mass is 10.0. The van der Waals surface area contributed by atoms with Gasteiger partial charge in [0.2, 0.25) is 5.91 Å². The van der Waals surface area contributed by atoms with Gasteiger partial charge < -0.3 is 10.6 Å². The SMILES string of the molecule is CCN[C@H](C)CNC(=O)C(c1ccccc1)N1CCSCC1.Cl.Cl. The first-order valence-corrected chi connectivity index (χ1v) is 9.25. The maximum absolute atomic E-state index is 12.8. The minimum absolute atomic E-state index is 0. The van der Waals surface area contributed by atoms with Crippen LogP contribution in [0.3, 0.4) is 0 Å². The molecule has 1 aromatic carbocycles. The third kappa shape index (κ3) is 7.19. The molecule has 0 aromatic heterocycles. The second-order valence-electron chi connectivity index (χ2n) is 5.67. The Bertz CT molecular complexity index is 458. The van der Waals surface area contributed by atoms with Crippen LogP contribution in [0.5, 0.6) is 0 Å². The Morgan fingerprint density at radius 1 is 1.21 bits per heavy atom. The summed E-state index contributed by atoms with van der Waals surface area (Å²) in [5.74, 6) is 2.32. The molecule has 24 heavy (non-hydrogen) atoms. The third-order valence-corrected chi connectivity index (χ3v) is 4.85. The summed E-state index contributed by atoms with van der Waals surface area (Å²) in [5, 5.41) is 6.44. The maximum Gasteiger partial charge on any atom is 0.242 e. The number of amides is 1. The Balaban J connectivity index is 0.00000264. The molecule has 7 heteroatoms. The predicted octanol–water partition coefficient (Wildman–Crippen LogP) is 2.73. The molecule has 1 aliphatic heterocycles.